The van der Waals surface area contributed by atoms with Crippen LogP contribution in [0.4, 0.5) is 15.9 Å². The van der Waals surface area contributed by atoms with Gasteiger partial charge in [0.15, 0.2) is 24.1 Å². The second-order valence-corrected chi connectivity index (χ2v) is 8.08. The number of anilines is 2. The highest BCUT2D eigenvalue weighted by molar-refractivity contribution is 5.84. The van der Waals surface area contributed by atoms with Crippen LogP contribution in [0.25, 0.3) is 27.8 Å². The summed E-state index contributed by atoms with van der Waals surface area (Å²) in [7, 11) is 0. The van der Waals surface area contributed by atoms with Gasteiger partial charge in [-0.25, -0.2) is 13.9 Å². The Hall–Kier alpha value is -4.47. The van der Waals surface area contributed by atoms with Gasteiger partial charge in [0.05, 0.1) is 11.7 Å². The van der Waals surface area contributed by atoms with Crippen molar-refractivity contribution in [2.75, 3.05) is 11.9 Å². The molecule has 3 N–H and O–H groups in total. The fourth-order valence-corrected chi connectivity index (χ4v) is 3.59. The Morgan fingerprint density at radius 2 is 2.09 bits per heavy atom. The number of nitrogens with one attached hydrogen (secondary N) is 3. The molecule has 0 saturated heterocycles. The number of carbonyl (C=O) groups is 1. The van der Waals surface area contributed by atoms with Crippen molar-refractivity contribution in [2.24, 2.45) is 0 Å². The standard InChI is InChI=1S/C24H22FN7O2/c1-14(2)27-21(33)13-34-18-5-3-4-15(11-18)23-29-24(22-19(25)8-9-32(22)31-23)28-17-6-7-20-16(10-17)12-26-30-20/h3-12,14H,13H2,1-2H3,(H,26,30)(H,27,33)(H,28,29,31). The molecule has 3 aromatic heterocycles. The zero-order valence-corrected chi connectivity index (χ0v) is 18.5. The monoisotopic (exact) mass is 459 g/mol. The lowest BCUT2D eigenvalue weighted by Gasteiger charge is -2.12. The topological polar surface area (TPSA) is 109 Å². The van der Waals surface area contributed by atoms with Gasteiger partial charge in [-0.3, -0.25) is 9.89 Å². The van der Waals surface area contributed by atoms with Crippen LogP contribution in [0.15, 0.2) is 60.9 Å². The normalized spacial score (nSPS) is 11.3. The fourth-order valence-electron chi connectivity index (χ4n) is 3.59. The number of carbonyl (C=O) groups excluding carboxylic acids is 1. The van der Waals surface area contributed by atoms with Crippen LogP contribution in [0.5, 0.6) is 5.75 Å². The average Bonchev–Trinajstić information content (AvgIpc) is 3.44. The largest absolute Gasteiger partial charge is 0.484 e. The van der Waals surface area contributed by atoms with E-state index in [9.17, 15) is 9.18 Å². The molecular formula is C24H22FN7O2. The van der Waals surface area contributed by atoms with Gasteiger partial charge in [-0.1, -0.05) is 12.1 Å². The lowest BCUT2D eigenvalue weighted by atomic mass is 10.2. The molecule has 9 nitrogen and oxygen atoms in total. The van der Waals surface area contributed by atoms with Gasteiger partial charge < -0.3 is 15.4 Å². The van der Waals surface area contributed by atoms with Crippen LogP contribution < -0.4 is 15.4 Å². The number of fused-ring (bicyclic) bond motifs is 2. The molecule has 0 radical (unpaired) electrons. The minimum Gasteiger partial charge on any atom is -0.484 e. The van der Waals surface area contributed by atoms with Gasteiger partial charge in [0.2, 0.25) is 0 Å². The molecule has 0 aliphatic carbocycles. The molecule has 0 unspecified atom stereocenters. The van der Waals surface area contributed by atoms with Gasteiger partial charge in [0.1, 0.15) is 11.3 Å². The Kier molecular flexibility index (Phi) is 5.54. The van der Waals surface area contributed by atoms with Crippen molar-refractivity contribution in [3.8, 4) is 17.1 Å². The molecule has 34 heavy (non-hydrogen) atoms. The molecule has 10 heteroatoms. The van der Waals surface area contributed by atoms with E-state index in [1.54, 1.807) is 24.4 Å². The maximum absolute atomic E-state index is 14.6. The van der Waals surface area contributed by atoms with Crippen LogP contribution in [0, 0.1) is 5.82 Å². The van der Waals surface area contributed by atoms with Crippen LogP contribution in [-0.2, 0) is 4.79 Å². The quantitative estimate of drug-likeness (QED) is 0.339. The van der Waals surface area contributed by atoms with Crippen molar-refractivity contribution in [2.45, 2.75) is 19.9 Å². The molecule has 0 aliphatic rings. The predicted octanol–water partition coefficient (Wildman–Crippen LogP) is 4.06. The van der Waals surface area contributed by atoms with E-state index >= 15 is 0 Å². The van der Waals surface area contributed by atoms with Gasteiger partial charge in [0, 0.05) is 28.9 Å². The third kappa shape index (κ3) is 4.38. The molecule has 1 amide bonds. The minimum atomic E-state index is -0.438. The Labute approximate surface area is 194 Å². The van der Waals surface area contributed by atoms with E-state index in [4.69, 9.17) is 4.74 Å². The van der Waals surface area contributed by atoms with E-state index in [0.29, 0.717) is 23.0 Å². The third-order valence-electron chi connectivity index (χ3n) is 5.08. The summed E-state index contributed by atoms with van der Waals surface area (Å²) in [6.45, 7) is 3.66. The first-order chi connectivity index (χ1) is 16.5. The van der Waals surface area contributed by atoms with Crippen molar-refractivity contribution >= 4 is 33.8 Å². The Morgan fingerprint density at radius 1 is 1.21 bits per heavy atom. The number of aromatic nitrogens is 5. The molecule has 172 valence electrons. The first kappa shape index (κ1) is 21.4. The zero-order valence-electron chi connectivity index (χ0n) is 18.5. The first-order valence-electron chi connectivity index (χ1n) is 10.7. The molecule has 5 rings (SSSR count). The van der Waals surface area contributed by atoms with Crippen LogP contribution in [0.2, 0.25) is 0 Å². The number of benzene rings is 2. The summed E-state index contributed by atoms with van der Waals surface area (Å²) in [5.41, 5.74) is 2.51. The number of aromatic amines is 1. The summed E-state index contributed by atoms with van der Waals surface area (Å²) in [6.07, 6.45) is 3.25. The van der Waals surface area contributed by atoms with E-state index in [2.05, 4.69) is 30.9 Å². The maximum Gasteiger partial charge on any atom is 0.258 e. The van der Waals surface area contributed by atoms with E-state index in [1.165, 1.54) is 16.8 Å². The van der Waals surface area contributed by atoms with E-state index in [0.717, 1.165) is 16.6 Å². The number of ether oxygens (including phenoxy) is 1. The molecule has 0 spiro atoms. The number of nitrogens with zero attached hydrogens (tertiary/aromatic N) is 4. The smallest absolute Gasteiger partial charge is 0.258 e. The lowest BCUT2D eigenvalue weighted by Crippen LogP contribution is -2.34. The third-order valence-corrected chi connectivity index (χ3v) is 5.08. The molecule has 0 fully saturated rings. The van der Waals surface area contributed by atoms with Crippen LogP contribution in [-0.4, -0.2) is 43.4 Å². The lowest BCUT2D eigenvalue weighted by molar-refractivity contribution is -0.123. The van der Waals surface area contributed by atoms with Gasteiger partial charge in [0.25, 0.3) is 5.91 Å². The highest BCUT2D eigenvalue weighted by atomic mass is 19.1. The molecule has 0 aliphatic heterocycles. The number of hydrogen-bond donors (Lipinski definition) is 3. The maximum atomic E-state index is 14.6. The number of amides is 1. The summed E-state index contributed by atoms with van der Waals surface area (Å²) >= 11 is 0. The van der Waals surface area contributed by atoms with Gasteiger partial charge in [-0.15, -0.1) is 5.10 Å². The van der Waals surface area contributed by atoms with Crippen molar-refractivity contribution < 1.29 is 13.9 Å². The molecule has 3 heterocycles. The molecule has 0 bridgehead atoms. The SMILES string of the molecule is CC(C)NC(=O)COc1cccc(-c2nc(Nc3ccc4[nH]ncc4c3)c3c(F)ccn3n2)c1. The van der Waals surface area contributed by atoms with E-state index < -0.39 is 5.82 Å². The van der Waals surface area contributed by atoms with Crippen LogP contribution in [0.3, 0.4) is 0 Å². The molecule has 2 aromatic carbocycles. The number of rotatable bonds is 7. The van der Waals surface area contributed by atoms with Gasteiger partial charge in [-0.2, -0.15) is 5.10 Å². The predicted molar refractivity (Wildman–Crippen MR) is 127 cm³/mol. The summed E-state index contributed by atoms with van der Waals surface area (Å²) in [4.78, 5) is 16.5. The first-order valence-corrected chi connectivity index (χ1v) is 10.7. The van der Waals surface area contributed by atoms with Crippen molar-refractivity contribution in [1.82, 2.24) is 30.1 Å². The van der Waals surface area contributed by atoms with Crippen molar-refractivity contribution in [3.63, 3.8) is 0 Å². The van der Waals surface area contributed by atoms with Crippen LogP contribution >= 0.6 is 0 Å². The molecular weight excluding hydrogens is 437 g/mol. The van der Waals surface area contributed by atoms with E-state index in [1.807, 2.05) is 38.1 Å². The van der Waals surface area contributed by atoms with Crippen LogP contribution in [0.1, 0.15) is 13.8 Å². The minimum absolute atomic E-state index is 0.0321. The average molecular weight is 459 g/mol. The summed E-state index contributed by atoms with van der Waals surface area (Å²) in [6, 6.07) is 14.1. The Morgan fingerprint density at radius 3 is 2.94 bits per heavy atom. The highest BCUT2D eigenvalue weighted by Gasteiger charge is 2.15. The van der Waals surface area contributed by atoms with Gasteiger partial charge >= 0.3 is 0 Å². The van der Waals surface area contributed by atoms with E-state index in [-0.39, 0.29) is 24.1 Å². The number of hydrogen-bond acceptors (Lipinski definition) is 6. The van der Waals surface area contributed by atoms with Crippen molar-refractivity contribution in [3.05, 3.63) is 66.7 Å². The molecule has 5 aromatic rings. The molecule has 0 atom stereocenters. The Balaban J connectivity index is 1.47. The summed E-state index contributed by atoms with van der Waals surface area (Å²) in [5, 5.41) is 18.3. The second kappa shape index (κ2) is 8.81. The zero-order chi connectivity index (χ0) is 23.7. The number of H-pyrrole nitrogens is 1. The molecule has 0 saturated carbocycles. The highest BCUT2D eigenvalue weighted by Crippen LogP contribution is 2.28. The van der Waals surface area contributed by atoms with Gasteiger partial charge in [-0.05, 0) is 50.2 Å². The fraction of sp³-hybridized carbons (Fsp3) is 0.167. The Bertz CT molecular complexity index is 1490. The number of halogens is 1. The summed E-state index contributed by atoms with van der Waals surface area (Å²) in [5.74, 6) is 0.539. The summed E-state index contributed by atoms with van der Waals surface area (Å²) < 4.78 is 21.6. The second-order valence-electron chi connectivity index (χ2n) is 8.08. The van der Waals surface area contributed by atoms with Crippen molar-refractivity contribution in [1.29, 1.82) is 0 Å².